The Hall–Kier alpha value is -4.46. The molecule has 0 saturated heterocycles. The third-order valence-electron chi connectivity index (χ3n) is 4.28. The summed E-state index contributed by atoms with van der Waals surface area (Å²) >= 11 is 0. The number of hydrogen-bond acceptors (Lipinski definition) is 6. The van der Waals surface area contributed by atoms with E-state index in [1.165, 1.54) is 6.21 Å². The molecule has 8 heteroatoms. The summed E-state index contributed by atoms with van der Waals surface area (Å²) in [5.74, 6) is -1.23. The molecular weight excluding hydrogens is 410 g/mol. The van der Waals surface area contributed by atoms with Gasteiger partial charge in [0.25, 0.3) is 0 Å². The van der Waals surface area contributed by atoms with Crippen LogP contribution in [-0.2, 0) is 9.59 Å². The highest BCUT2D eigenvalue weighted by Gasteiger charge is 2.13. The summed E-state index contributed by atoms with van der Waals surface area (Å²) in [5, 5.41) is 6.27. The average molecular weight is 431 g/mol. The van der Waals surface area contributed by atoms with Crippen molar-refractivity contribution in [2.75, 3.05) is 12.4 Å². The molecule has 2 amide bonds. The van der Waals surface area contributed by atoms with Crippen LogP contribution in [0.5, 0.6) is 11.5 Å². The van der Waals surface area contributed by atoms with Crippen molar-refractivity contribution >= 4 is 29.7 Å². The number of nitrogens with zero attached hydrogens (tertiary/aromatic N) is 1. The molecule has 0 aliphatic carbocycles. The van der Waals surface area contributed by atoms with Crippen LogP contribution in [0, 0.1) is 6.92 Å². The van der Waals surface area contributed by atoms with E-state index < -0.39 is 17.8 Å². The van der Waals surface area contributed by atoms with Crippen molar-refractivity contribution in [3.63, 3.8) is 0 Å². The van der Waals surface area contributed by atoms with Crippen molar-refractivity contribution in [2.45, 2.75) is 6.92 Å². The lowest BCUT2D eigenvalue weighted by atomic mass is 10.2. The summed E-state index contributed by atoms with van der Waals surface area (Å²) in [7, 11) is 1.55. The Labute approximate surface area is 184 Å². The second-order valence-corrected chi connectivity index (χ2v) is 6.71. The number of carbonyl (C=O) groups is 3. The van der Waals surface area contributed by atoms with Gasteiger partial charge in [-0.15, -0.1) is 0 Å². The number of methoxy groups -OCH3 is 1. The van der Waals surface area contributed by atoms with Crippen LogP contribution in [0.3, 0.4) is 0 Å². The van der Waals surface area contributed by atoms with Crippen LogP contribution < -0.4 is 20.2 Å². The maximum absolute atomic E-state index is 12.2. The van der Waals surface area contributed by atoms with E-state index in [1.807, 2.05) is 13.0 Å². The molecule has 0 radical (unpaired) electrons. The topological polar surface area (TPSA) is 106 Å². The van der Waals surface area contributed by atoms with E-state index in [2.05, 4.69) is 15.8 Å². The van der Waals surface area contributed by atoms with Crippen LogP contribution in [0.4, 0.5) is 5.69 Å². The van der Waals surface area contributed by atoms with Gasteiger partial charge in [-0.1, -0.05) is 12.1 Å². The molecule has 3 rings (SSSR count). The lowest BCUT2D eigenvalue weighted by Crippen LogP contribution is -2.32. The van der Waals surface area contributed by atoms with Crippen LogP contribution in [0.25, 0.3) is 0 Å². The molecular formula is C24H21N3O5. The van der Waals surface area contributed by atoms with Crippen molar-refractivity contribution in [1.29, 1.82) is 0 Å². The quantitative estimate of drug-likeness (QED) is 0.205. The third-order valence-corrected chi connectivity index (χ3v) is 4.28. The Morgan fingerprint density at radius 3 is 2.22 bits per heavy atom. The number of hydrogen-bond donors (Lipinski definition) is 2. The van der Waals surface area contributed by atoms with E-state index >= 15 is 0 Å². The van der Waals surface area contributed by atoms with Gasteiger partial charge >= 0.3 is 17.8 Å². The van der Waals surface area contributed by atoms with Crippen LogP contribution in [0.15, 0.2) is 77.9 Å². The van der Waals surface area contributed by atoms with E-state index in [0.717, 1.165) is 5.56 Å². The van der Waals surface area contributed by atoms with Gasteiger partial charge < -0.3 is 14.8 Å². The third kappa shape index (κ3) is 6.27. The molecule has 0 unspecified atom stereocenters. The fourth-order valence-electron chi connectivity index (χ4n) is 2.64. The molecule has 0 spiro atoms. The van der Waals surface area contributed by atoms with Crippen molar-refractivity contribution in [3.05, 3.63) is 89.5 Å². The summed E-state index contributed by atoms with van der Waals surface area (Å²) in [6.07, 6.45) is 1.37. The molecule has 32 heavy (non-hydrogen) atoms. The fraction of sp³-hybridized carbons (Fsp3) is 0.0833. The van der Waals surface area contributed by atoms with Gasteiger partial charge in [-0.25, -0.2) is 10.2 Å². The normalized spacial score (nSPS) is 10.4. The van der Waals surface area contributed by atoms with Gasteiger partial charge in [0.2, 0.25) is 0 Å². The second-order valence-electron chi connectivity index (χ2n) is 6.71. The number of aryl methyl sites for hydroxylation is 1. The molecule has 162 valence electrons. The number of carbonyl (C=O) groups excluding carboxylic acids is 3. The Balaban J connectivity index is 1.50. The summed E-state index contributed by atoms with van der Waals surface area (Å²) in [6, 6.07) is 20.1. The second kappa shape index (κ2) is 10.5. The molecule has 8 nitrogen and oxygen atoms in total. The first-order valence-electron chi connectivity index (χ1n) is 9.62. The van der Waals surface area contributed by atoms with Crippen LogP contribution in [-0.4, -0.2) is 31.1 Å². The zero-order valence-corrected chi connectivity index (χ0v) is 17.5. The van der Waals surface area contributed by atoms with E-state index in [1.54, 1.807) is 73.8 Å². The van der Waals surface area contributed by atoms with Gasteiger partial charge in [0, 0.05) is 5.69 Å². The SMILES string of the molecule is COc1ccc(C(=O)Oc2ccc(/C=N/NC(=O)C(=O)Nc3cccc(C)c3)cc2)cc1. The first kappa shape index (κ1) is 22.2. The zero-order chi connectivity index (χ0) is 22.9. The van der Waals surface area contributed by atoms with Crippen molar-refractivity contribution < 1.29 is 23.9 Å². The summed E-state index contributed by atoms with van der Waals surface area (Å²) < 4.78 is 10.4. The van der Waals surface area contributed by atoms with Gasteiger partial charge in [-0.05, 0) is 78.7 Å². The molecule has 0 bridgehead atoms. The average Bonchev–Trinajstić information content (AvgIpc) is 2.80. The van der Waals surface area contributed by atoms with Crippen LogP contribution >= 0.6 is 0 Å². The number of anilines is 1. The maximum Gasteiger partial charge on any atom is 0.343 e. The minimum atomic E-state index is -0.896. The lowest BCUT2D eigenvalue weighted by Gasteiger charge is -2.06. The van der Waals surface area contributed by atoms with E-state index in [-0.39, 0.29) is 0 Å². The van der Waals surface area contributed by atoms with E-state index in [4.69, 9.17) is 9.47 Å². The highest BCUT2D eigenvalue weighted by molar-refractivity contribution is 6.39. The van der Waals surface area contributed by atoms with Gasteiger partial charge in [-0.2, -0.15) is 5.10 Å². The predicted octanol–water partition coefficient (Wildman–Crippen LogP) is 3.31. The maximum atomic E-state index is 12.2. The zero-order valence-electron chi connectivity index (χ0n) is 17.5. The minimum absolute atomic E-state index is 0.351. The largest absolute Gasteiger partial charge is 0.497 e. The first-order chi connectivity index (χ1) is 15.4. The molecule has 2 N–H and O–H groups in total. The standard InChI is InChI=1S/C24H21N3O5/c1-16-4-3-5-19(14-16)26-22(28)23(29)27-25-15-17-6-10-21(11-7-17)32-24(30)18-8-12-20(31-2)13-9-18/h3-15H,1-2H3,(H,26,28)(H,27,29)/b25-15+. The van der Waals surface area contributed by atoms with E-state index in [0.29, 0.717) is 28.3 Å². The molecule has 0 fully saturated rings. The number of benzene rings is 3. The molecule has 3 aromatic carbocycles. The van der Waals surface area contributed by atoms with Crippen molar-refractivity contribution in [3.8, 4) is 11.5 Å². The highest BCUT2D eigenvalue weighted by atomic mass is 16.5. The van der Waals surface area contributed by atoms with E-state index in [9.17, 15) is 14.4 Å². The summed E-state index contributed by atoms with van der Waals surface area (Å²) in [6.45, 7) is 1.88. The first-order valence-corrected chi connectivity index (χ1v) is 9.62. The Kier molecular flexibility index (Phi) is 7.32. The summed E-state index contributed by atoms with van der Waals surface area (Å²) in [4.78, 5) is 36.0. The lowest BCUT2D eigenvalue weighted by molar-refractivity contribution is -0.136. The molecule has 0 heterocycles. The van der Waals surface area contributed by atoms with Crippen LogP contribution in [0.1, 0.15) is 21.5 Å². The number of ether oxygens (including phenoxy) is 2. The molecule has 0 aliphatic rings. The van der Waals surface area contributed by atoms with Gasteiger partial charge in [0.1, 0.15) is 11.5 Å². The summed E-state index contributed by atoms with van der Waals surface area (Å²) in [5.41, 5.74) is 4.67. The fourth-order valence-corrected chi connectivity index (χ4v) is 2.64. The Morgan fingerprint density at radius 2 is 1.56 bits per heavy atom. The predicted molar refractivity (Wildman–Crippen MR) is 120 cm³/mol. The molecule has 0 aromatic heterocycles. The Bertz CT molecular complexity index is 1140. The van der Waals surface area contributed by atoms with Gasteiger partial charge in [-0.3, -0.25) is 9.59 Å². The smallest absolute Gasteiger partial charge is 0.343 e. The highest BCUT2D eigenvalue weighted by Crippen LogP contribution is 2.16. The van der Waals surface area contributed by atoms with Crippen molar-refractivity contribution in [2.24, 2.45) is 5.10 Å². The Morgan fingerprint density at radius 1 is 0.875 bits per heavy atom. The molecule has 0 atom stereocenters. The number of esters is 1. The molecule has 0 saturated carbocycles. The van der Waals surface area contributed by atoms with Gasteiger partial charge in [0.05, 0.1) is 18.9 Å². The van der Waals surface area contributed by atoms with Gasteiger partial charge in [0.15, 0.2) is 0 Å². The number of amides is 2. The minimum Gasteiger partial charge on any atom is -0.497 e. The molecule has 3 aromatic rings. The molecule has 0 aliphatic heterocycles. The number of hydrazone groups is 1. The van der Waals surface area contributed by atoms with Crippen LogP contribution in [0.2, 0.25) is 0 Å². The monoisotopic (exact) mass is 431 g/mol. The number of nitrogens with one attached hydrogen (secondary N) is 2. The van der Waals surface area contributed by atoms with Crippen molar-refractivity contribution in [1.82, 2.24) is 5.43 Å². The number of rotatable bonds is 6.